The average molecular weight is 314 g/mol. The molecule has 0 heterocycles. The van der Waals surface area contributed by atoms with Crippen LogP contribution in [0.15, 0.2) is 0 Å². The molecular formula is C18H34O4. The summed E-state index contributed by atoms with van der Waals surface area (Å²) in [6.07, 6.45) is 9.25. The molecule has 4 N–H and O–H groups in total. The van der Waals surface area contributed by atoms with Crippen molar-refractivity contribution in [2.75, 3.05) is 13.2 Å². The zero-order valence-electron chi connectivity index (χ0n) is 14.9. The van der Waals surface area contributed by atoms with Gasteiger partial charge in [0.25, 0.3) is 0 Å². The minimum absolute atomic E-state index is 0.125. The zero-order valence-corrected chi connectivity index (χ0v) is 14.9. The van der Waals surface area contributed by atoms with Crippen molar-refractivity contribution in [2.45, 2.75) is 65.6 Å². The summed E-state index contributed by atoms with van der Waals surface area (Å²) < 4.78 is 0. The van der Waals surface area contributed by atoms with Crippen LogP contribution in [0.25, 0.3) is 0 Å². The molecule has 0 aliphatic carbocycles. The van der Waals surface area contributed by atoms with Gasteiger partial charge in [-0.3, -0.25) is 0 Å². The first-order valence-electron chi connectivity index (χ1n) is 7.50. The largest absolute Gasteiger partial charge is 0.394 e. The van der Waals surface area contributed by atoms with Crippen molar-refractivity contribution in [1.82, 2.24) is 0 Å². The second kappa shape index (κ2) is 13.6. The fraction of sp³-hybridized carbons (Fsp3) is 0.778. The second-order valence-corrected chi connectivity index (χ2v) is 6.44. The Kier molecular flexibility index (Phi) is 16.0. The van der Waals surface area contributed by atoms with Gasteiger partial charge in [0.05, 0.1) is 13.2 Å². The molecule has 0 rings (SSSR count). The lowest BCUT2D eigenvalue weighted by molar-refractivity contribution is 0.0859. The van der Waals surface area contributed by atoms with Crippen LogP contribution in [0, 0.1) is 36.5 Å². The standard InChI is InChI=1S/C14H26O2.C2H6O2.C2H2/c1-11(2)9-13(5,15)7-8-14(6,16)10-12(3)4;3-1-2-4;1-2/h11-12,15-16H,9-10H2,1-6H3;3-4H,1-2H2;1-2H. The van der Waals surface area contributed by atoms with Gasteiger partial charge in [-0.25, -0.2) is 0 Å². The van der Waals surface area contributed by atoms with Crippen molar-refractivity contribution in [3.8, 4) is 24.7 Å². The van der Waals surface area contributed by atoms with E-state index in [0.29, 0.717) is 24.7 Å². The molecule has 0 aromatic heterocycles. The summed E-state index contributed by atoms with van der Waals surface area (Å²) in [5.74, 6) is 6.36. The Hall–Kier alpha value is -1.04. The second-order valence-electron chi connectivity index (χ2n) is 6.44. The third-order valence-corrected chi connectivity index (χ3v) is 2.31. The van der Waals surface area contributed by atoms with Crippen molar-refractivity contribution >= 4 is 0 Å². The number of aliphatic hydroxyl groups excluding tert-OH is 2. The van der Waals surface area contributed by atoms with Crippen molar-refractivity contribution < 1.29 is 20.4 Å². The van der Waals surface area contributed by atoms with Crippen molar-refractivity contribution in [1.29, 1.82) is 0 Å². The fourth-order valence-corrected chi connectivity index (χ4v) is 1.96. The van der Waals surface area contributed by atoms with E-state index in [9.17, 15) is 10.2 Å². The molecule has 4 heteroatoms. The van der Waals surface area contributed by atoms with Gasteiger partial charge in [-0.1, -0.05) is 39.5 Å². The Bertz CT molecular complexity index is 302. The monoisotopic (exact) mass is 314 g/mol. The molecular weight excluding hydrogens is 280 g/mol. The van der Waals surface area contributed by atoms with Crippen LogP contribution >= 0.6 is 0 Å². The molecule has 0 aromatic rings. The lowest BCUT2D eigenvalue weighted by Gasteiger charge is -2.22. The maximum atomic E-state index is 10.00. The van der Waals surface area contributed by atoms with Crippen LogP contribution in [0.2, 0.25) is 0 Å². The highest BCUT2D eigenvalue weighted by atomic mass is 16.3. The highest BCUT2D eigenvalue weighted by molar-refractivity contribution is 5.19. The van der Waals surface area contributed by atoms with Crippen molar-refractivity contribution in [3.63, 3.8) is 0 Å². The number of hydrogen-bond acceptors (Lipinski definition) is 4. The Morgan fingerprint density at radius 3 is 1.14 bits per heavy atom. The highest BCUT2D eigenvalue weighted by Crippen LogP contribution is 2.18. The molecule has 0 radical (unpaired) electrons. The highest BCUT2D eigenvalue weighted by Gasteiger charge is 2.22. The molecule has 4 nitrogen and oxygen atoms in total. The predicted octanol–water partition coefficient (Wildman–Crippen LogP) is 1.80. The molecule has 130 valence electrons. The molecule has 0 amide bonds. The van der Waals surface area contributed by atoms with Gasteiger partial charge in [0.15, 0.2) is 0 Å². The minimum atomic E-state index is -1.00. The van der Waals surface area contributed by atoms with Crippen LogP contribution in [0.3, 0.4) is 0 Å². The first kappa shape index (κ1) is 25.9. The van der Waals surface area contributed by atoms with Gasteiger partial charge in [0.2, 0.25) is 0 Å². The Morgan fingerprint density at radius 1 is 0.773 bits per heavy atom. The van der Waals surface area contributed by atoms with E-state index in [1.807, 2.05) is 27.7 Å². The summed E-state index contributed by atoms with van der Waals surface area (Å²) >= 11 is 0. The normalized spacial score (nSPS) is 15.2. The summed E-state index contributed by atoms with van der Waals surface area (Å²) in [4.78, 5) is 0. The van der Waals surface area contributed by atoms with Gasteiger partial charge < -0.3 is 20.4 Å². The Morgan fingerprint density at radius 2 is 1.00 bits per heavy atom. The number of rotatable bonds is 5. The first-order chi connectivity index (χ1) is 9.95. The molecule has 2 atom stereocenters. The van der Waals surface area contributed by atoms with Gasteiger partial charge in [-0.05, 0) is 38.5 Å². The smallest absolute Gasteiger partial charge is 0.123 e. The molecule has 2 unspecified atom stereocenters. The zero-order chi connectivity index (χ0) is 18.4. The van der Waals surface area contributed by atoms with Crippen LogP contribution < -0.4 is 0 Å². The van der Waals surface area contributed by atoms with Gasteiger partial charge in [-0.15, -0.1) is 12.8 Å². The maximum Gasteiger partial charge on any atom is 0.123 e. The summed E-state index contributed by atoms with van der Waals surface area (Å²) in [7, 11) is 0. The number of hydrogen-bond donors (Lipinski definition) is 4. The van der Waals surface area contributed by atoms with Crippen molar-refractivity contribution in [2.24, 2.45) is 11.8 Å². The van der Waals surface area contributed by atoms with Crippen LogP contribution in [0.1, 0.15) is 54.4 Å². The molecule has 0 saturated heterocycles. The quantitative estimate of drug-likeness (QED) is 0.583. The lowest BCUT2D eigenvalue weighted by Crippen LogP contribution is -2.28. The van der Waals surface area contributed by atoms with Crippen LogP contribution in [0.5, 0.6) is 0 Å². The first-order valence-corrected chi connectivity index (χ1v) is 7.50. The van der Waals surface area contributed by atoms with Gasteiger partial charge >= 0.3 is 0 Å². The van der Waals surface area contributed by atoms with E-state index >= 15 is 0 Å². The van der Waals surface area contributed by atoms with E-state index in [2.05, 4.69) is 24.7 Å². The predicted molar refractivity (Wildman–Crippen MR) is 92.0 cm³/mol. The summed E-state index contributed by atoms with van der Waals surface area (Å²) in [5.41, 5.74) is -2.01. The summed E-state index contributed by atoms with van der Waals surface area (Å²) in [5, 5.41) is 35.2. The molecule has 0 aliphatic rings. The molecule has 0 spiro atoms. The summed E-state index contributed by atoms with van der Waals surface area (Å²) in [6, 6.07) is 0. The molecule has 0 bridgehead atoms. The molecule has 0 aromatic carbocycles. The van der Waals surface area contributed by atoms with E-state index < -0.39 is 11.2 Å². The van der Waals surface area contributed by atoms with E-state index in [1.165, 1.54) is 0 Å². The third-order valence-electron chi connectivity index (χ3n) is 2.31. The van der Waals surface area contributed by atoms with Crippen LogP contribution in [-0.2, 0) is 0 Å². The van der Waals surface area contributed by atoms with E-state index in [0.717, 1.165) is 0 Å². The fourth-order valence-electron chi connectivity index (χ4n) is 1.96. The molecule has 0 fully saturated rings. The van der Waals surface area contributed by atoms with E-state index in [4.69, 9.17) is 10.2 Å². The van der Waals surface area contributed by atoms with Gasteiger partial charge in [-0.2, -0.15) is 0 Å². The molecule has 0 aliphatic heterocycles. The summed E-state index contributed by atoms with van der Waals surface area (Å²) in [6.45, 7) is 11.3. The number of aliphatic hydroxyl groups is 4. The third kappa shape index (κ3) is 21.3. The average Bonchev–Trinajstić information content (AvgIpc) is 2.37. The lowest BCUT2D eigenvalue weighted by atomic mass is 9.91. The van der Waals surface area contributed by atoms with E-state index in [1.54, 1.807) is 13.8 Å². The topological polar surface area (TPSA) is 80.9 Å². The number of terminal acetylenes is 1. The van der Waals surface area contributed by atoms with Gasteiger partial charge in [0.1, 0.15) is 11.2 Å². The van der Waals surface area contributed by atoms with E-state index in [-0.39, 0.29) is 13.2 Å². The maximum absolute atomic E-state index is 10.00. The molecule has 0 saturated carbocycles. The molecule has 22 heavy (non-hydrogen) atoms. The Balaban J connectivity index is -0.000000516. The van der Waals surface area contributed by atoms with Crippen LogP contribution in [-0.4, -0.2) is 44.8 Å². The minimum Gasteiger partial charge on any atom is -0.394 e. The Labute approximate surface area is 136 Å². The SMILES string of the molecule is C#C.CC(C)CC(C)(O)C#CC(C)(O)CC(C)C.OCCO. The van der Waals surface area contributed by atoms with Gasteiger partial charge in [0, 0.05) is 0 Å². The van der Waals surface area contributed by atoms with Crippen molar-refractivity contribution in [3.05, 3.63) is 0 Å². The van der Waals surface area contributed by atoms with Crippen LogP contribution in [0.4, 0.5) is 0 Å².